The maximum absolute atomic E-state index is 14.0. The summed E-state index contributed by atoms with van der Waals surface area (Å²) in [6.45, 7) is 0. The number of H-pyrrole nitrogens is 1. The van der Waals surface area contributed by atoms with Crippen LogP contribution in [0.25, 0.3) is 11.0 Å². The summed E-state index contributed by atoms with van der Waals surface area (Å²) >= 11 is 0. The average Bonchev–Trinajstić information content (AvgIpc) is 3.07. The number of nitrogens with one attached hydrogen (secondary N) is 1. The molecule has 1 saturated carbocycles. The van der Waals surface area contributed by atoms with Gasteiger partial charge in [0.1, 0.15) is 27.5 Å². The molecule has 2 heterocycles. The first-order valence-corrected chi connectivity index (χ1v) is 9.89. The number of aromatic amines is 1. The predicted molar refractivity (Wildman–Crippen MR) is 91.6 cm³/mol. The number of hydrogen-bond donors (Lipinski definition) is 1. The summed E-state index contributed by atoms with van der Waals surface area (Å²) in [7, 11) is -4.00. The number of rotatable bonds is 3. The third-order valence-corrected chi connectivity index (χ3v) is 6.67. The Kier molecular flexibility index (Phi) is 4.03. The van der Waals surface area contributed by atoms with Gasteiger partial charge in [-0.25, -0.2) is 22.8 Å². The van der Waals surface area contributed by atoms with Gasteiger partial charge in [-0.1, -0.05) is 31.4 Å². The van der Waals surface area contributed by atoms with Crippen molar-refractivity contribution in [3.8, 4) is 0 Å². The summed E-state index contributed by atoms with van der Waals surface area (Å²) in [5.41, 5.74) is 1.84. The first-order chi connectivity index (χ1) is 12.1. The lowest BCUT2D eigenvalue weighted by Gasteiger charge is -2.21. The van der Waals surface area contributed by atoms with Crippen LogP contribution in [0.2, 0.25) is 0 Å². The van der Waals surface area contributed by atoms with Gasteiger partial charge in [-0.2, -0.15) is 0 Å². The normalized spacial score (nSPS) is 16.4. The molecule has 0 bridgehead atoms. The number of sulfone groups is 1. The zero-order chi connectivity index (χ0) is 17.4. The van der Waals surface area contributed by atoms with E-state index in [4.69, 9.17) is 0 Å². The van der Waals surface area contributed by atoms with Crippen molar-refractivity contribution in [3.05, 3.63) is 48.3 Å². The number of nitrogens with zero attached hydrogens (tertiary/aromatic N) is 2. The minimum atomic E-state index is -4.00. The van der Waals surface area contributed by atoms with Gasteiger partial charge in [-0.3, -0.25) is 0 Å². The summed E-state index contributed by atoms with van der Waals surface area (Å²) in [6, 6.07) is 5.39. The van der Waals surface area contributed by atoms with Crippen molar-refractivity contribution < 1.29 is 12.8 Å². The molecule has 0 atom stereocenters. The maximum Gasteiger partial charge on any atom is 0.213 e. The Morgan fingerprint density at radius 1 is 1.04 bits per heavy atom. The molecule has 5 nitrogen and oxygen atoms in total. The van der Waals surface area contributed by atoms with E-state index < -0.39 is 15.7 Å². The van der Waals surface area contributed by atoms with Crippen molar-refractivity contribution in [3.63, 3.8) is 0 Å². The van der Waals surface area contributed by atoms with Gasteiger partial charge in [0.2, 0.25) is 9.84 Å². The number of fused-ring (bicyclic) bond motifs is 1. The van der Waals surface area contributed by atoms with Crippen molar-refractivity contribution in [1.82, 2.24) is 15.0 Å². The van der Waals surface area contributed by atoms with E-state index >= 15 is 0 Å². The van der Waals surface area contributed by atoms with Gasteiger partial charge in [-0.05, 0) is 25.0 Å². The molecule has 130 valence electrons. The van der Waals surface area contributed by atoms with Crippen molar-refractivity contribution in [2.75, 3.05) is 0 Å². The Bertz CT molecular complexity index is 1020. The smallest absolute Gasteiger partial charge is 0.213 e. The van der Waals surface area contributed by atoms with Crippen LogP contribution >= 0.6 is 0 Å². The second kappa shape index (κ2) is 6.22. The van der Waals surface area contributed by atoms with Crippen molar-refractivity contribution in [1.29, 1.82) is 0 Å². The lowest BCUT2D eigenvalue weighted by molar-refractivity contribution is 0.438. The Balaban J connectivity index is 1.86. The molecule has 1 aromatic carbocycles. The van der Waals surface area contributed by atoms with E-state index in [0.717, 1.165) is 37.4 Å². The molecule has 0 amide bonds. The van der Waals surface area contributed by atoms with Crippen LogP contribution in [0.5, 0.6) is 0 Å². The van der Waals surface area contributed by atoms with Crippen LogP contribution in [0.3, 0.4) is 0 Å². The van der Waals surface area contributed by atoms with Gasteiger partial charge in [0.05, 0.1) is 11.2 Å². The Morgan fingerprint density at radius 3 is 2.56 bits per heavy atom. The summed E-state index contributed by atoms with van der Waals surface area (Å²) in [6.07, 6.45) is 8.41. The predicted octanol–water partition coefficient (Wildman–Crippen LogP) is 3.98. The highest BCUT2D eigenvalue weighted by molar-refractivity contribution is 7.91. The molecule has 2 aromatic heterocycles. The molecule has 0 saturated heterocycles. The molecule has 0 spiro atoms. The largest absolute Gasteiger partial charge is 0.357 e. The molecule has 0 radical (unpaired) electrons. The molecule has 25 heavy (non-hydrogen) atoms. The second-order valence-corrected chi connectivity index (χ2v) is 8.29. The van der Waals surface area contributed by atoms with Gasteiger partial charge in [-0.15, -0.1) is 0 Å². The minimum absolute atomic E-state index is 0.00735. The van der Waals surface area contributed by atoms with Crippen LogP contribution in [-0.4, -0.2) is 23.4 Å². The maximum atomic E-state index is 14.0. The summed E-state index contributed by atoms with van der Waals surface area (Å²) in [5.74, 6) is -0.458. The van der Waals surface area contributed by atoms with Gasteiger partial charge in [0, 0.05) is 12.1 Å². The summed E-state index contributed by atoms with van der Waals surface area (Å²) in [5, 5.41) is 0. The third-order valence-electron chi connectivity index (χ3n) is 4.87. The van der Waals surface area contributed by atoms with E-state index in [1.807, 2.05) is 0 Å². The topological polar surface area (TPSA) is 75.7 Å². The molecule has 7 heteroatoms. The monoisotopic (exact) mass is 359 g/mol. The molecule has 1 fully saturated rings. The Hall–Kier alpha value is -2.28. The van der Waals surface area contributed by atoms with E-state index in [1.54, 1.807) is 0 Å². The van der Waals surface area contributed by atoms with Crippen LogP contribution < -0.4 is 0 Å². The fourth-order valence-electron chi connectivity index (χ4n) is 3.61. The standard InChI is InChI=1S/C18H18FN3O2S/c19-13-8-4-5-9-14(13)25(23,24)15-10-20-18-16(21-11-22-17(15)18)12-6-2-1-3-7-12/h4-5,8-12,20H,1-3,6-7H2. The average molecular weight is 359 g/mol. The first-order valence-electron chi connectivity index (χ1n) is 8.40. The fourth-order valence-corrected chi connectivity index (χ4v) is 5.05. The highest BCUT2D eigenvalue weighted by atomic mass is 32.2. The Morgan fingerprint density at radius 2 is 1.80 bits per heavy atom. The van der Waals surface area contributed by atoms with Gasteiger partial charge in [0.25, 0.3) is 0 Å². The number of benzene rings is 1. The van der Waals surface area contributed by atoms with E-state index in [2.05, 4.69) is 15.0 Å². The molecular weight excluding hydrogens is 341 g/mol. The number of aromatic nitrogens is 3. The SMILES string of the molecule is O=S(=O)(c1ccccc1F)c1c[nH]c2c(C3CCCCC3)ncnc12. The van der Waals surface area contributed by atoms with Gasteiger partial charge >= 0.3 is 0 Å². The molecule has 3 aromatic rings. The zero-order valence-corrected chi connectivity index (χ0v) is 14.4. The van der Waals surface area contributed by atoms with Crippen LogP contribution in [-0.2, 0) is 9.84 Å². The second-order valence-electron chi connectivity index (χ2n) is 6.40. The number of hydrogen-bond acceptors (Lipinski definition) is 4. The van der Waals surface area contributed by atoms with Crippen molar-refractivity contribution in [2.24, 2.45) is 0 Å². The van der Waals surface area contributed by atoms with Gasteiger partial charge in [0.15, 0.2) is 0 Å². The highest BCUT2D eigenvalue weighted by Gasteiger charge is 2.28. The summed E-state index contributed by atoms with van der Waals surface area (Å²) < 4.78 is 39.8. The van der Waals surface area contributed by atoms with Gasteiger partial charge < -0.3 is 4.98 Å². The number of halogens is 1. The summed E-state index contributed by atoms with van der Waals surface area (Å²) in [4.78, 5) is 11.3. The third kappa shape index (κ3) is 2.72. The van der Waals surface area contributed by atoms with Crippen LogP contribution in [0.4, 0.5) is 4.39 Å². The van der Waals surface area contributed by atoms with Crippen LogP contribution in [0, 0.1) is 5.82 Å². The minimum Gasteiger partial charge on any atom is -0.357 e. The quantitative estimate of drug-likeness (QED) is 0.767. The molecule has 0 aliphatic heterocycles. The van der Waals surface area contributed by atoms with Crippen LogP contribution in [0.1, 0.15) is 43.7 Å². The fraction of sp³-hybridized carbons (Fsp3) is 0.333. The Labute approximate surface area is 145 Å². The lowest BCUT2D eigenvalue weighted by atomic mass is 9.86. The van der Waals surface area contributed by atoms with E-state index in [9.17, 15) is 12.8 Å². The van der Waals surface area contributed by atoms with E-state index in [0.29, 0.717) is 17.0 Å². The molecule has 1 aliphatic carbocycles. The van der Waals surface area contributed by atoms with Crippen molar-refractivity contribution >= 4 is 20.9 Å². The molecule has 1 N–H and O–H groups in total. The molecule has 4 rings (SSSR count). The van der Waals surface area contributed by atoms with E-state index in [1.165, 1.54) is 37.1 Å². The molecule has 0 unspecified atom stereocenters. The van der Waals surface area contributed by atoms with E-state index in [-0.39, 0.29) is 9.79 Å². The van der Waals surface area contributed by atoms with Crippen molar-refractivity contribution in [2.45, 2.75) is 47.8 Å². The van der Waals surface area contributed by atoms with Crippen LogP contribution in [0.15, 0.2) is 46.6 Å². The first kappa shape index (κ1) is 16.2. The zero-order valence-electron chi connectivity index (χ0n) is 13.6. The highest BCUT2D eigenvalue weighted by Crippen LogP contribution is 2.36. The molecular formula is C18H18FN3O2S. The lowest BCUT2D eigenvalue weighted by Crippen LogP contribution is -2.08. The molecule has 1 aliphatic rings.